The average molecular weight is 626 g/mol. The van der Waals surface area contributed by atoms with Crippen LogP contribution >= 0.6 is 0 Å². The lowest BCUT2D eigenvalue weighted by Gasteiger charge is -2.36. The summed E-state index contributed by atoms with van der Waals surface area (Å²) in [6.07, 6.45) is -3.15. The molecule has 7 aromatic rings. The van der Waals surface area contributed by atoms with Crippen LogP contribution in [0.3, 0.4) is 0 Å². The number of hydrogen-bond donors (Lipinski definition) is 0. The summed E-state index contributed by atoms with van der Waals surface area (Å²) in [6.45, 7) is 0. The van der Waals surface area contributed by atoms with E-state index in [0.717, 1.165) is 16.7 Å². The van der Waals surface area contributed by atoms with Gasteiger partial charge in [0, 0.05) is 27.6 Å². The molecule has 1 heterocycles. The summed E-state index contributed by atoms with van der Waals surface area (Å²) in [6, 6.07) is 38.4. The molecule has 0 N–H and O–H groups in total. The van der Waals surface area contributed by atoms with Crippen molar-refractivity contribution in [3.05, 3.63) is 163 Å². The van der Waals surface area contributed by atoms with Crippen molar-refractivity contribution in [3.8, 4) is 67.5 Å². The van der Waals surface area contributed by atoms with Gasteiger partial charge >= 0.3 is 0 Å². The summed E-state index contributed by atoms with van der Waals surface area (Å²) in [5.74, 6) is 0.642. The molecule has 2 aliphatic carbocycles. The number of benzene rings is 6. The Kier molecular flexibility index (Phi) is 5.24. The standard InChI is InChI=1S/C45H35N3/c1-4-13-31(14-5-1)32-21-23-34(24-22-32)43-46-42(33-15-6-2-7-16-33)47-44(48-43)37-18-12-17-35(29-37)36-25-26-39-38-19-8-9-20-40(38)45(41(39)30-36)27-10-3-11-28-45/h1-2,4-9,12-26,29-30H,3,10-11,27-28H2/i12D,17D,18D,27D2,28D2,29D. The molecule has 1 saturated carbocycles. The van der Waals surface area contributed by atoms with Crippen molar-refractivity contribution in [2.45, 2.75) is 37.4 Å². The van der Waals surface area contributed by atoms with E-state index in [0.29, 0.717) is 51.5 Å². The van der Waals surface area contributed by atoms with Gasteiger partial charge in [-0.05, 0) is 69.4 Å². The fourth-order valence-electron chi connectivity index (χ4n) is 6.89. The maximum Gasteiger partial charge on any atom is 0.164 e. The minimum absolute atomic E-state index is 0.00993. The molecule has 0 saturated heterocycles. The fraction of sp³-hybridized carbons (Fsp3) is 0.133. The normalized spacial score (nSPS) is 18.9. The van der Waals surface area contributed by atoms with Gasteiger partial charge in [0.2, 0.25) is 0 Å². The Labute approximate surface area is 293 Å². The van der Waals surface area contributed by atoms with Crippen LogP contribution in [-0.2, 0) is 5.41 Å². The lowest BCUT2D eigenvalue weighted by molar-refractivity contribution is 0.353. The first-order valence-electron chi connectivity index (χ1n) is 20.3. The van der Waals surface area contributed by atoms with Crippen molar-refractivity contribution in [3.63, 3.8) is 0 Å². The summed E-state index contributed by atoms with van der Waals surface area (Å²) in [5, 5.41) is 0. The number of rotatable bonds is 5. The lowest BCUT2D eigenvalue weighted by Crippen LogP contribution is -2.28. The van der Waals surface area contributed by atoms with Gasteiger partial charge in [-0.3, -0.25) is 0 Å². The van der Waals surface area contributed by atoms with Gasteiger partial charge in [-0.2, -0.15) is 0 Å². The molecule has 1 fully saturated rings. The van der Waals surface area contributed by atoms with E-state index in [2.05, 4.69) is 0 Å². The smallest absolute Gasteiger partial charge is 0.164 e. The van der Waals surface area contributed by atoms with Crippen molar-refractivity contribution in [2.24, 2.45) is 0 Å². The monoisotopic (exact) mass is 625 g/mol. The predicted molar refractivity (Wildman–Crippen MR) is 196 cm³/mol. The predicted octanol–water partition coefficient (Wildman–Crippen LogP) is 11.4. The summed E-state index contributed by atoms with van der Waals surface area (Å²) in [5.41, 5.74) is 4.69. The summed E-state index contributed by atoms with van der Waals surface area (Å²) in [4.78, 5) is 14.4. The van der Waals surface area contributed by atoms with Crippen LogP contribution in [0.1, 0.15) is 54.1 Å². The summed E-state index contributed by atoms with van der Waals surface area (Å²) in [7, 11) is 0. The number of fused-ring (bicyclic) bond motifs is 5. The van der Waals surface area contributed by atoms with Gasteiger partial charge in [0.25, 0.3) is 0 Å². The quantitative estimate of drug-likeness (QED) is 0.191. The van der Waals surface area contributed by atoms with E-state index in [1.165, 1.54) is 0 Å². The van der Waals surface area contributed by atoms with Gasteiger partial charge < -0.3 is 0 Å². The van der Waals surface area contributed by atoms with Gasteiger partial charge in [-0.1, -0.05) is 159 Å². The molecule has 0 unspecified atom stereocenters. The Morgan fingerprint density at radius 3 is 1.71 bits per heavy atom. The molecule has 3 nitrogen and oxygen atoms in total. The molecule has 2 aliphatic rings. The van der Waals surface area contributed by atoms with Crippen molar-refractivity contribution in [1.82, 2.24) is 15.0 Å². The third kappa shape index (κ3) is 4.94. The average Bonchev–Trinajstić information content (AvgIpc) is 3.52. The summed E-state index contributed by atoms with van der Waals surface area (Å²) >= 11 is 0. The third-order valence-corrected chi connectivity index (χ3v) is 9.23. The molecule has 1 spiro atoms. The molecule has 0 bridgehead atoms. The highest BCUT2D eigenvalue weighted by Gasteiger charge is 2.43. The molecular formula is C45H35N3. The zero-order valence-corrected chi connectivity index (χ0v) is 26.1. The van der Waals surface area contributed by atoms with Gasteiger partial charge in [0.05, 0.1) is 5.48 Å². The Balaban J connectivity index is 1.25. The first-order valence-corrected chi connectivity index (χ1v) is 16.3. The molecule has 0 radical (unpaired) electrons. The minimum Gasteiger partial charge on any atom is -0.208 e. The molecule has 0 atom stereocenters. The molecule has 3 heteroatoms. The van der Waals surface area contributed by atoms with Gasteiger partial charge in [0.15, 0.2) is 17.5 Å². The van der Waals surface area contributed by atoms with Crippen molar-refractivity contribution in [1.29, 1.82) is 0 Å². The van der Waals surface area contributed by atoms with E-state index in [1.54, 1.807) is 12.1 Å². The van der Waals surface area contributed by atoms with Gasteiger partial charge in [0.1, 0.15) is 0 Å². The van der Waals surface area contributed by atoms with E-state index in [-0.39, 0.29) is 47.9 Å². The van der Waals surface area contributed by atoms with E-state index in [9.17, 15) is 6.85 Å². The fourth-order valence-corrected chi connectivity index (χ4v) is 6.89. The van der Waals surface area contributed by atoms with E-state index in [4.69, 9.17) is 19.1 Å². The molecule has 0 amide bonds. The van der Waals surface area contributed by atoms with Crippen LogP contribution in [0.2, 0.25) is 0 Å². The molecule has 1 aromatic heterocycles. The number of hydrogen-bond acceptors (Lipinski definition) is 3. The van der Waals surface area contributed by atoms with Crippen LogP contribution in [0, 0.1) is 0 Å². The number of aromatic nitrogens is 3. The van der Waals surface area contributed by atoms with Crippen LogP contribution in [0.4, 0.5) is 0 Å². The topological polar surface area (TPSA) is 38.7 Å². The van der Waals surface area contributed by atoms with Gasteiger partial charge in [-0.25, -0.2) is 15.0 Å². The second kappa shape index (κ2) is 11.8. The highest BCUT2D eigenvalue weighted by atomic mass is 15.0. The molecule has 0 aliphatic heterocycles. The largest absolute Gasteiger partial charge is 0.208 e. The highest BCUT2D eigenvalue weighted by Crippen LogP contribution is 2.56. The van der Waals surface area contributed by atoms with E-state index >= 15 is 0 Å². The van der Waals surface area contributed by atoms with E-state index < -0.39 is 24.2 Å². The van der Waals surface area contributed by atoms with Crippen LogP contribution in [0.15, 0.2) is 152 Å². The van der Waals surface area contributed by atoms with Crippen molar-refractivity contribution < 1.29 is 11.0 Å². The minimum atomic E-state index is -1.95. The molecule has 6 aromatic carbocycles. The zero-order valence-electron chi connectivity index (χ0n) is 34.1. The van der Waals surface area contributed by atoms with E-state index in [1.807, 2.05) is 115 Å². The highest BCUT2D eigenvalue weighted by molar-refractivity contribution is 5.84. The zero-order chi connectivity index (χ0) is 39.0. The van der Waals surface area contributed by atoms with Crippen LogP contribution in [0.25, 0.3) is 67.5 Å². The van der Waals surface area contributed by atoms with Gasteiger partial charge in [-0.15, -0.1) is 0 Å². The Hall–Kier alpha value is -5.67. The maximum absolute atomic E-state index is 9.62. The van der Waals surface area contributed by atoms with Crippen molar-refractivity contribution in [2.75, 3.05) is 0 Å². The second-order valence-corrected chi connectivity index (χ2v) is 12.1. The number of nitrogens with zero attached hydrogens (tertiary/aromatic N) is 3. The second-order valence-electron chi connectivity index (χ2n) is 12.1. The maximum atomic E-state index is 9.62. The van der Waals surface area contributed by atoms with Crippen LogP contribution in [0.5, 0.6) is 0 Å². The Morgan fingerprint density at radius 1 is 0.458 bits per heavy atom. The molecule has 9 rings (SSSR count). The Morgan fingerprint density at radius 2 is 0.979 bits per heavy atom. The third-order valence-electron chi connectivity index (χ3n) is 9.23. The molecule has 48 heavy (non-hydrogen) atoms. The lowest BCUT2D eigenvalue weighted by atomic mass is 9.67. The Bertz CT molecular complexity index is 2650. The van der Waals surface area contributed by atoms with Crippen LogP contribution < -0.4 is 0 Å². The molecule has 230 valence electrons. The van der Waals surface area contributed by atoms with Crippen LogP contribution in [-0.4, -0.2) is 15.0 Å². The van der Waals surface area contributed by atoms with Crippen molar-refractivity contribution >= 4 is 0 Å². The first kappa shape index (κ1) is 21.3. The first-order chi connectivity index (χ1) is 26.9. The molecular weight excluding hydrogens is 583 g/mol. The summed E-state index contributed by atoms with van der Waals surface area (Å²) < 4.78 is 74.3. The SMILES string of the molecule is [2H]c1c([2H])c(-c2ccc3c(c2)C2(c4ccccc4-3)C([2H])([2H])CCCC2([2H])[2H])c([2H])c(-c2nc(-c3ccccc3)nc(-c3ccc(-c4ccccc4)cc3)n2)c1[2H].